The van der Waals surface area contributed by atoms with E-state index in [1.807, 2.05) is 55.5 Å². The van der Waals surface area contributed by atoms with Gasteiger partial charge in [0.2, 0.25) is 17.7 Å². The molecule has 0 bridgehead atoms. The van der Waals surface area contributed by atoms with Gasteiger partial charge >= 0.3 is 12.1 Å². The molecule has 15 heteroatoms. The van der Waals surface area contributed by atoms with Gasteiger partial charge in [-0.3, -0.25) is 24.2 Å². The molecule has 2 aliphatic carbocycles. The van der Waals surface area contributed by atoms with E-state index < -0.39 is 42.1 Å². The number of nitrogens with zero attached hydrogens (tertiary/aromatic N) is 3. The second kappa shape index (κ2) is 18.2. The van der Waals surface area contributed by atoms with Gasteiger partial charge in [-0.05, 0) is 79.5 Å². The largest absolute Gasteiger partial charge is 0.449 e. The maximum absolute atomic E-state index is 14.0. The number of ether oxygens (including phenoxy) is 1. The Labute approximate surface area is 321 Å². The monoisotopic (exact) mass is 756 g/mol. The minimum Gasteiger partial charge on any atom is -0.449 e. The Morgan fingerprint density at radius 1 is 0.927 bits per heavy atom. The number of carbonyl (C=O) groups is 6. The lowest BCUT2D eigenvalue weighted by molar-refractivity contribution is -0.176. The number of hydrazone groups is 1. The van der Waals surface area contributed by atoms with Crippen molar-refractivity contribution in [1.82, 2.24) is 36.7 Å². The van der Waals surface area contributed by atoms with Gasteiger partial charge in [0.1, 0.15) is 18.7 Å². The van der Waals surface area contributed by atoms with Crippen LogP contribution in [0, 0.1) is 11.8 Å². The SMILES string of the molecule is CCC[C@@H](/C=N/NC(=O)NCC1CCC(C(=O)NC)CC1)NC(=O)[C@@H]1CCCN2C(=O)CC[C@H](NC(=O)OCC3c4ccccc4-c4ccccc43)C(=O)N12. The van der Waals surface area contributed by atoms with Crippen molar-refractivity contribution in [2.45, 2.75) is 95.2 Å². The minimum atomic E-state index is -1.07. The van der Waals surface area contributed by atoms with Crippen LogP contribution in [-0.2, 0) is 23.9 Å². The smallest absolute Gasteiger partial charge is 0.407 e. The van der Waals surface area contributed by atoms with Gasteiger partial charge in [-0.1, -0.05) is 61.9 Å². The zero-order valence-electron chi connectivity index (χ0n) is 31.6. The number of amides is 7. The summed E-state index contributed by atoms with van der Waals surface area (Å²) in [6, 6.07) is 12.9. The number of hydrogen-bond acceptors (Lipinski definition) is 8. The number of alkyl carbamates (subject to hydrolysis) is 1. The number of carbonyl (C=O) groups excluding carboxylic acids is 6. The molecule has 294 valence electrons. The van der Waals surface area contributed by atoms with E-state index in [1.165, 1.54) is 16.2 Å². The highest BCUT2D eigenvalue weighted by molar-refractivity contribution is 5.95. The first-order valence-corrected chi connectivity index (χ1v) is 19.5. The predicted octanol–water partition coefficient (Wildman–Crippen LogP) is 3.54. The molecule has 15 nitrogen and oxygen atoms in total. The molecule has 3 atom stereocenters. The molecule has 5 N–H and O–H groups in total. The maximum atomic E-state index is 14.0. The Balaban J connectivity index is 1.03. The van der Waals surface area contributed by atoms with E-state index in [2.05, 4.69) is 31.8 Å². The summed E-state index contributed by atoms with van der Waals surface area (Å²) in [5, 5.41) is 17.8. The van der Waals surface area contributed by atoms with Crippen LogP contribution in [0.3, 0.4) is 0 Å². The van der Waals surface area contributed by atoms with E-state index in [0.29, 0.717) is 32.2 Å². The first-order valence-electron chi connectivity index (χ1n) is 19.5. The van der Waals surface area contributed by atoms with E-state index in [-0.39, 0.29) is 55.6 Å². The average Bonchev–Trinajstić information content (AvgIpc) is 3.47. The molecule has 6 rings (SSSR count). The number of hydrogen-bond donors (Lipinski definition) is 5. The first kappa shape index (κ1) is 39.2. The van der Waals surface area contributed by atoms with E-state index in [0.717, 1.165) is 47.9 Å². The van der Waals surface area contributed by atoms with Gasteiger partial charge in [-0.25, -0.2) is 20.0 Å². The number of fused-ring (bicyclic) bond motifs is 4. The molecule has 2 aromatic carbocycles. The molecule has 1 saturated carbocycles. The fourth-order valence-corrected chi connectivity index (χ4v) is 8.26. The Kier molecular flexibility index (Phi) is 13.0. The van der Waals surface area contributed by atoms with Gasteiger partial charge in [-0.2, -0.15) is 5.10 Å². The first-order chi connectivity index (χ1) is 26.7. The highest BCUT2D eigenvalue weighted by Crippen LogP contribution is 2.44. The Bertz CT molecular complexity index is 1730. The lowest BCUT2D eigenvalue weighted by atomic mass is 9.81. The molecular weight excluding hydrogens is 704 g/mol. The Hall–Kier alpha value is -5.47. The fourth-order valence-electron chi connectivity index (χ4n) is 8.26. The van der Waals surface area contributed by atoms with Crippen LogP contribution in [0.4, 0.5) is 9.59 Å². The molecular formula is C40H52N8O7. The van der Waals surface area contributed by atoms with Crippen LogP contribution < -0.4 is 26.7 Å². The molecule has 3 fully saturated rings. The van der Waals surface area contributed by atoms with Crippen LogP contribution >= 0.6 is 0 Å². The summed E-state index contributed by atoms with van der Waals surface area (Å²) in [5.41, 5.74) is 6.77. The normalized spacial score (nSPS) is 22.8. The zero-order valence-corrected chi connectivity index (χ0v) is 31.6. The number of benzene rings is 2. The van der Waals surface area contributed by atoms with E-state index in [9.17, 15) is 28.8 Å². The van der Waals surface area contributed by atoms with Crippen LogP contribution in [0.15, 0.2) is 53.6 Å². The van der Waals surface area contributed by atoms with Crippen LogP contribution in [0.25, 0.3) is 11.1 Å². The van der Waals surface area contributed by atoms with Crippen molar-refractivity contribution in [3.05, 3.63) is 59.7 Å². The van der Waals surface area contributed by atoms with E-state index in [4.69, 9.17) is 4.74 Å². The van der Waals surface area contributed by atoms with Crippen molar-refractivity contribution >= 4 is 42.0 Å². The molecule has 2 aromatic rings. The predicted molar refractivity (Wildman–Crippen MR) is 204 cm³/mol. The minimum absolute atomic E-state index is 0.0149. The third-order valence-electron chi connectivity index (χ3n) is 11.2. The van der Waals surface area contributed by atoms with Crippen LogP contribution in [0.1, 0.15) is 88.2 Å². The third kappa shape index (κ3) is 9.26. The van der Waals surface area contributed by atoms with Crippen LogP contribution in [-0.4, -0.2) is 96.9 Å². The lowest BCUT2D eigenvalue weighted by Crippen LogP contribution is -2.64. The van der Waals surface area contributed by atoms with Crippen LogP contribution in [0.5, 0.6) is 0 Å². The molecule has 0 unspecified atom stereocenters. The summed E-state index contributed by atoms with van der Waals surface area (Å²) in [4.78, 5) is 78.6. The second-order valence-electron chi connectivity index (χ2n) is 14.8. The zero-order chi connectivity index (χ0) is 38.9. The molecule has 0 radical (unpaired) electrons. The summed E-state index contributed by atoms with van der Waals surface area (Å²) in [7, 11) is 1.64. The second-order valence-corrected chi connectivity index (χ2v) is 14.8. The maximum Gasteiger partial charge on any atom is 0.407 e. The molecule has 2 saturated heterocycles. The van der Waals surface area contributed by atoms with Gasteiger partial charge in [0.15, 0.2) is 0 Å². The highest BCUT2D eigenvalue weighted by atomic mass is 16.5. The Morgan fingerprint density at radius 3 is 2.29 bits per heavy atom. The van der Waals surface area contributed by atoms with Gasteiger partial charge in [-0.15, -0.1) is 0 Å². The topological polar surface area (TPSA) is 191 Å². The average molecular weight is 757 g/mol. The van der Waals surface area contributed by atoms with Crippen molar-refractivity contribution in [1.29, 1.82) is 0 Å². The quantitative estimate of drug-likeness (QED) is 0.162. The molecule has 2 aliphatic heterocycles. The number of urea groups is 1. The number of rotatable bonds is 12. The van der Waals surface area contributed by atoms with Crippen molar-refractivity contribution in [2.24, 2.45) is 16.9 Å². The lowest BCUT2D eigenvalue weighted by Gasteiger charge is -2.43. The third-order valence-corrected chi connectivity index (χ3v) is 11.2. The molecule has 7 amide bonds. The standard InChI is InChI=1S/C40H52N8O7/c1-3-9-27(23-43-46-39(53)42-22-25-15-17-26(18-16-25)36(50)41-2)44-37(51)34-14-8-21-47-35(49)20-19-33(38(52)48(34)47)45-40(54)55-24-32-30-12-6-4-10-28(30)29-11-5-7-13-31(29)32/h4-7,10-13,23,25-27,32-34H,3,8-9,14-22,24H2,1-2H3,(H,41,50)(H,44,51)(H,45,54)(H2,42,46,53)/b43-23+/t25?,26?,27-,33-,34-/m0/s1. The number of hydrazine groups is 1. The van der Waals surface area contributed by atoms with E-state index in [1.54, 1.807) is 7.05 Å². The van der Waals surface area contributed by atoms with Gasteiger partial charge < -0.3 is 26.0 Å². The van der Waals surface area contributed by atoms with Gasteiger partial charge in [0.25, 0.3) is 5.91 Å². The van der Waals surface area contributed by atoms with Crippen molar-refractivity contribution < 1.29 is 33.5 Å². The summed E-state index contributed by atoms with van der Waals surface area (Å²) in [6.07, 6.45) is 6.08. The van der Waals surface area contributed by atoms with Crippen molar-refractivity contribution in [3.8, 4) is 11.1 Å². The summed E-state index contributed by atoms with van der Waals surface area (Å²) < 4.78 is 5.70. The summed E-state index contributed by atoms with van der Waals surface area (Å²) >= 11 is 0. The molecule has 2 heterocycles. The van der Waals surface area contributed by atoms with E-state index >= 15 is 0 Å². The molecule has 55 heavy (non-hydrogen) atoms. The Morgan fingerprint density at radius 2 is 1.62 bits per heavy atom. The summed E-state index contributed by atoms with van der Waals surface area (Å²) in [6.45, 7) is 2.76. The molecule has 0 spiro atoms. The van der Waals surface area contributed by atoms with Crippen molar-refractivity contribution in [3.63, 3.8) is 0 Å². The van der Waals surface area contributed by atoms with Crippen molar-refractivity contribution in [2.75, 3.05) is 26.7 Å². The molecule has 0 aromatic heterocycles. The highest BCUT2D eigenvalue weighted by Gasteiger charge is 2.45. The van der Waals surface area contributed by atoms with Gasteiger partial charge in [0, 0.05) is 44.6 Å². The fraction of sp³-hybridized carbons (Fsp3) is 0.525. The number of nitrogens with one attached hydrogen (secondary N) is 5. The van der Waals surface area contributed by atoms with Gasteiger partial charge in [0.05, 0.1) is 6.04 Å². The molecule has 4 aliphatic rings. The van der Waals surface area contributed by atoms with Crippen LogP contribution in [0.2, 0.25) is 0 Å². The summed E-state index contributed by atoms with van der Waals surface area (Å²) in [5.74, 6) is -1.12.